The fourth-order valence-electron chi connectivity index (χ4n) is 3.38. The Balaban J connectivity index is 1.55. The Hall–Kier alpha value is -1.50. The zero-order valence-corrected chi connectivity index (χ0v) is 14.3. The first-order valence-corrected chi connectivity index (χ1v) is 9.45. The van der Waals surface area contributed by atoms with E-state index in [1.165, 1.54) is 0 Å². The number of aromatic nitrogens is 2. The molecular weight excluding hydrogens is 312 g/mol. The summed E-state index contributed by atoms with van der Waals surface area (Å²) in [6.45, 7) is 2.66. The summed E-state index contributed by atoms with van der Waals surface area (Å²) >= 11 is 1.67. The molecule has 6 nitrogen and oxygen atoms in total. The van der Waals surface area contributed by atoms with Crippen LogP contribution < -0.4 is 5.32 Å². The van der Waals surface area contributed by atoms with Crippen LogP contribution in [0.5, 0.6) is 0 Å². The minimum atomic E-state index is -0.321. The van der Waals surface area contributed by atoms with Gasteiger partial charge in [-0.1, -0.05) is 12.8 Å². The lowest BCUT2D eigenvalue weighted by atomic mass is 10.1. The van der Waals surface area contributed by atoms with Crippen molar-refractivity contribution in [3.63, 3.8) is 0 Å². The van der Waals surface area contributed by atoms with Gasteiger partial charge in [0.15, 0.2) is 0 Å². The molecule has 2 heterocycles. The van der Waals surface area contributed by atoms with Crippen molar-refractivity contribution in [2.75, 3.05) is 11.6 Å². The second-order valence-electron chi connectivity index (χ2n) is 6.47. The van der Waals surface area contributed by atoms with Crippen LogP contribution in [-0.2, 0) is 16.1 Å². The number of hydrogen-bond acceptors (Lipinski definition) is 4. The highest BCUT2D eigenvalue weighted by Crippen LogP contribution is 2.30. The van der Waals surface area contributed by atoms with Crippen molar-refractivity contribution in [3.05, 3.63) is 18.7 Å². The smallest absolute Gasteiger partial charge is 0.243 e. The molecule has 0 bridgehead atoms. The molecule has 0 spiro atoms. The van der Waals surface area contributed by atoms with Crippen LogP contribution in [-0.4, -0.2) is 50.0 Å². The zero-order chi connectivity index (χ0) is 16.2. The highest BCUT2D eigenvalue weighted by Gasteiger charge is 2.38. The van der Waals surface area contributed by atoms with E-state index in [1.54, 1.807) is 29.2 Å². The average Bonchev–Trinajstić information content (AvgIpc) is 3.27. The highest BCUT2D eigenvalue weighted by atomic mass is 32.2. The largest absolute Gasteiger partial charge is 0.350 e. The predicted octanol–water partition coefficient (Wildman–Crippen LogP) is 1.48. The maximum Gasteiger partial charge on any atom is 0.243 e. The molecule has 0 aromatic carbocycles. The van der Waals surface area contributed by atoms with Gasteiger partial charge >= 0.3 is 0 Å². The van der Waals surface area contributed by atoms with Crippen LogP contribution in [0.1, 0.15) is 32.6 Å². The SMILES string of the molecule is C[C@H](Cn1ccnc1)NC(=O)[C@H]1CSCN1C(=O)C1CCCC1. The third-order valence-corrected chi connectivity index (χ3v) is 5.62. The molecule has 2 fully saturated rings. The standard InChI is InChI=1S/C16H24N4O2S/c1-12(8-19-7-6-17-10-19)18-15(21)14-9-23-11-20(14)16(22)13-4-2-3-5-13/h6-7,10,12-14H,2-5,8-9,11H2,1H3,(H,18,21)/t12-,14-/m1/s1. The Kier molecular flexibility index (Phi) is 5.25. The maximum atomic E-state index is 12.6. The van der Waals surface area contributed by atoms with Crippen molar-refractivity contribution in [1.82, 2.24) is 19.8 Å². The lowest BCUT2D eigenvalue weighted by Gasteiger charge is -2.27. The van der Waals surface area contributed by atoms with Crippen molar-refractivity contribution < 1.29 is 9.59 Å². The van der Waals surface area contributed by atoms with Gasteiger partial charge in [0.1, 0.15) is 6.04 Å². The van der Waals surface area contributed by atoms with Gasteiger partial charge in [-0.05, 0) is 19.8 Å². The van der Waals surface area contributed by atoms with Crippen LogP contribution in [0.25, 0.3) is 0 Å². The van der Waals surface area contributed by atoms with E-state index in [-0.39, 0.29) is 29.8 Å². The molecular formula is C16H24N4O2S. The molecule has 1 N–H and O–H groups in total. The number of carbonyl (C=O) groups excluding carboxylic acids is 2. The lowest BCUT2D eigenvalue weighted by Crippen LogP contribution is -2.51. The summed E-state index contributed by atoms with van der Waals surface area (Å²) in [7, 11) is 0. The fourth-order valence-corrected chi connectivity index (χ4v) is 4.54. The van der Waals surface area contributed by atoms with Gasteiger partial charge in [-0.25, -0.2) is 4.98 Å². The summed E-state index contributed by atoms with van der Waals surface area (Å²) < 4.78 is 1.94. The van der Waals surface area contributed by atoms with Gasteiger partial charge in [-0.3, -0.25) is 9.59 Å². The first-order chi connectivity index (χ1) is 11.1. The molecule has 1 aliphatic carbocycles. The van der Waals surface area contributed by atoms with E-state index < -0.39 is 0 Å². The molecule has 1 saturated heterocycles. The first kappa shape index (κ1) is 16.4. The third-order valence-electron chi connectivity index (χ3n) is 4.60. The van der Waals surface area contributed by atoms with Crippen LogP contribution in [0.15, 0.2) is 18.7 Å². The molecule has 1 aromatic heterocycles. The number of nitrogens with zero attached hydrogens (tertiary/aromatic N) is 3. The summed E-state index contributed by atoms with van der Waals surface area (Å²) in [5, 5.41) is 3.04. The van der Waals surface area contributed by atoms with E-state index in [1.807, 2.05) is 17.7 Å². The van der Waals surface area contributed by atoms with Crippen molar-refractivity contribution >= 4 is 23.6 Å². The Morgan fingerprint density at radius 1 is 1.39 bits per heavy atom. The Morgan fingerprint density at radius 3 is 2.87 bits per heavy atom. The van der Waals surface area contributed by atoms with Crippen LogP contribution in [0.4, 0.5) is 0 Å². The van der Waals surface area contributed by atoms with Crippen molar-refractivity contribution in [3.8, 4) is 0 Å². The topological polar surface area (TPSA) is 67.2 Å². The molecule has 1 aliphatic heterocycles. The number of amides is 2. The quantitative estimate of drug-likeness (QED) is 0.884. The highest BCUT2D eigenvalue weighted by molar-refractivity contribution is 7.99. The van der Waals surface area contributed by atoms with Crippen molar-refractivity contribution in [1.29, 1.82) is 0 Å². The lowest BCUT2D eigenvalue weighted by molar-refractivity contribution is -0.141. The normalized spacial score (nSPS) is 23.2. The van der Waals surface area contributed by atoms with Crippen LogP contribution in [0.2, 0.25) is 0 Å². The molecule has 2 atom stereocenters. The molecule has 0 radical (unpaired) electrons. The minimum Gasteiger partial charge on any atom is -0.350 e. The first-order valence-electron chi connectivity index (χ1n) is 8.29. The predicted molar refractivity (Wildman–Crippen MR) is 89.7 cm³/mol. The molecule has 0 unspecified atom stereocenters. The summed E-state index contributed by atoms with van der Waals surface area (Å²) in [5.41, 5.74) is 0. The molecule has 3 rings (SSSR count). The number of nitrogens with one attached hydrogen (secondary N) is 1. The van der Waals surface area contributed by atoms with Crippen molar-refractivity contribution in [2.45, 2.75) is 51.2 Å². The average molecular weight is 336 g/mol. The van der Waals surface area contributed by atoms with E-state index >= 15 is 0 Å². The fraction of sp³-hybridized carbons (Fsp3) is 0.688. The van der Waals surface area contributed by atoms with Gasteiger partial charge in [0, 0.05) is 36.7 Å². The number of rotatable bonds is 5. The molecule has 7 heteroatoms. The second-order valence-corrected chi connectivity index (χ2v) is 7.47. The van der Waals surface area contributed by atoms with Crippen LogP contribution >= 0.6 is 11.8 Å². The van der Waals surface area contributed by atoms with Gasteiger partial charge in [0.2, 0.25) is 11.8 Å². The van der Waals surface area contributed by atoms with Gasteiger partial charge in [-0.2, -0.15) is 0 Å². The second kappa shape index (κ2) is 7.38. The summed E-state index contributed by atoms with van der Waals surface area (Å²) in [6.07, 6.45) is 9.57. The van der Waals surface area contributed by atoms with Gasteiger partial charge in [0.05, 0.1) is 12.2 Å². The molecule has 1 saturated carbocycles. The van der Waals surface area contributed by atoms with E-state index in [2.05, 4.69) is 10.3 Å². The summed E-state index contributed by atoms with van der Waals surface area (Å²) in [4.78, 5) is 31.0. The molecule has 2 aliphatic rings. The van der Waals surface area contributed by atoms with Crippen LogP contribution in [0.3, 0.4) is 0 Å². The monoisotopic (exact) mass is 336 g/mol. The Morgan fingerprint density at radius 2 is 2.17 bits per heavy atom. The van der Waals surface area contributed by atoms with E-state index in [9.17, 15) is 9.59 Å². The minimum absolute atomic E-state index is 0.00531. The van der Waals surface area contributed by atoms with Crippen LogP contribution in [0, 0.1) is 5.92 Å². The van der Waals surface area contributed by atoms with Gasteiger partial charge in [-0.15, -0.1) is 11.8 Å². The molecule has 2 amide bonds. The molecule has 1 aromatic rings. The number of thioether (sulfide) groups is 1. The van der Waals surface area contributed by atoms with E-state index in [0.717, 1.165) is 25.7 Å². The summed E-state index contributed by atoms with van der Waals surface area (Å²) in [6, 6.07) is -0.316. The van der Waals surface area contributed by atoms with E-state index in [0.29, 0.717) is 18.2 Å². The summed E-state index contributed by atoms with van der Waals surface area (Å²) in [5.74, 6) is 1.61. The number of carbonyl (C=O) groups is 2. The Bertz CT molecular complexity index is 542. The number of imidazole rings is 1. The van der Waals surface area contributed by atoms with E-state index in [4.69, 9.17) is 0 Å². The van der Waals surface area contributed by atoms with Crippen molar-refractivity contribution in [2.24, 2.45) is 5.92 Å². The number of hydrogen-bond donors (Lipinski definition) is 1. The molecule has 23 heavy (non-hydrogen) atoms. The van der Waals surface area contributed by atoms with Gasteiger partial charge in [0.25, 0.3) is 0 Å². The zero-order valence-electron chi connectivity index (χ0n) is 13.5. The maximum absolute atomic E-state index is 12.6. The third kappa shape index (κ3) is 3.88. The Labute approximate surface area is 141 Å². The molecule has 126 valence electrons. The van der Waals surface area contributed by atoms with Gasteiger partial charge < -0.3 is 14.8 Å².